The van der Waals surface area contributed by atoms with Crippen LogP contribution in [0, 0.1) is 15.9 Å². The van der Waals surface area contributed by atoms with Crippen molar-refractivity contribution in [2.24, 2.45) is 0 Å². The van der Waals surface area contributed by atoms with E-state index in [0.29, 0.717) is 5.56 Å². The highest BCUT2D eigenvalue weighted by Crippen LogP contribution is 2.07. The molecule has 5 nitrogen and oxygen atoms in total. The van der Waals surface area contributed by atoms with E-state index in [9.17, 15) is 19.3 Å². The van der Waals surface area contributed by atoms with E-state index in [1.54, 1.807) is 6.07 Å². The van der Waals surface area contributed by atoms with Gasteiger partial charge in [-0.15, -0.1) is 0 Å². The molecule has 2 aromatic rings. The average molecular weight is 248 g/mol. The molecule has 0 saturated heterocycles. The van der Waals surface area contributed by atoms with Crippen LogP contribution < -0.4 is 5.56 Å². The summed E-state index contributed by atoms with van der Waals surface area (Å²) in [6.07, 6.45) is 1.43. The highest BCUT2D eigenvalue weighted by Gasteiger charge is 2.13. The lowest BCUT2D eigenvalue weighted by Crippen LogP contribution is -2.22. The van der Waals surface area contributed by atoms with E-state index in [1.807, 2.05) is 0 Å². The van der Waals surface area contributed by atoms with Crippen LogP contribution in [0.15, 0.2) is 47.4 Å². The number of rotatable bonds is 3. The van der Waals surface area contributed by atoms with Gasteiger partial charge in [0.1, 0.15) is 5.82 Å². The molecule has 2 rings (SSSR count). The molecule has 18 heavy (non-hydrogen) atoms. The van der Waals surface area contributed by atoms with E-state index in [2.05, 4.69) is 0 Å². The summed E-state index contributed by atoms with van der Waals surface area (Å²) in [5.41, 5.74) is -0.627. The van der Waals surface area contributed by atoms with E-state index < -0.39 is 22.0 Å². The molecule has 1 aromatic heterocycles. The zero-order chi connectivity index (χ0) is 13.1. The topological polar surface area (TPSA) is 65.1 Å². The average Bonchev–Trinajstić information content (AvgIpc) is 2.31. The first-order valence-electron chi connectivity index (χ1n) is 5.16. The molecule has 0 bridgehead atoms. The van der Waals surface area contributed by atoms with Crippen LogP contribution in [0.4, 0.5) is 10.1 Å². The van der Waals surface area contributed by atoms with Crippen LogP contribution in [0.3, 0.4) is 0 Å². The summed E-state index contributed by atoms with van der Waals surface area (Å²) in [6, 6.07) is 8.30. The molecule has 0 aliphatic carbocycles. The van der Waals surface area contributed by atoms with Gasteiger partial charge in [-0.2, -0.15) is 0 Å². The Labute approximate surface area is 101 Å². The molecule has 0 fully saturated rings. The van der Waals surface area contributed by atoms with Crippen molar-refractivity contribution in [1.29, 1.82) is 0 Å². The Kier molecular flexibility index (Phi) is 3.18. The Hall–Kier alpha value is -2.50. The molecule has 0 amide bonds. The highest BCUT2D eigenvalue weighted by atomic mass is 19.1. The molecule has 0 saturated carbocycles. The highest BCUT2D eigenvalue weighted by molar-refractivity contribution is 5.26. The van der Waals surface area contributed by atoms with Crippen molar-refractivity contribution in [1.82, 2.24) is 4.57 Å². The van der Waals surface area contributed by atoms with E-state index in [4.69, 9.17) is 0 Å². The van der Waals surface area contributed by atoms with Crippen molar-refractivity contribution in [3.05, 3.63) is 74.4 Å². The third-order valence-electron chi connectivity index (χ3n) is 2.44. The molecule has 0 N–H and O–H groups in total. The first-order valence-corrected chi connectivity index (χ1v) is 5.16. The van der Waals surface area contributed by atoms with Gasteiger partial charge < -0.3 is 4.57 Å². The molecule has 0 aliphatic heterocycles. The van der Waals surface area contributed by atoms with Crippen LogP contribution in [-0.4, -0.2) is 9.49 Å². The first kappa shape index (κ1) is 12.0. The quantitative estimate of drug-likeness (QED) is 0.616. The first-order chi connectivity index (χ1) is 8.58. The molecule has 6 heteroatoms. The smallest absolute Gasteiger partial charge is 0.305 e. The number of hydrogen-bond donors (Lipinski definition) is 0. The molecule has 0 aliphatic rings. The molecule has 0 atom stereocenters. The molecule has 0 spiro atoms. The second-order valence-corrected chi connectivity index (χ2v) is 3.71. The lowest BCUT2D eigenvalue weighted by molar-refractivity contribution is -0.386. The van der Waals surface area contributed by atoms with Gasteiger partial charge in [0.25, 0.3) is 0 Å². The maximum absolute atomic E-state index is 13.0. The van der Waals surface area contributed by atoms with E-state index >= 15 is 0 Å². The van der Waals surface area contributed by atoms with Gasteiger partial charge >= 0.3 is 11.2 Å². The van der Waals surface area contributed by atoms with Crippen molar-refractivity contribution in [3.8, 4) is 0 Å². The maximum Gasteiger partial charge on any atom is 0.334 e. The summed E-state index contributed by atoms with van der Waals surface area (Å²) >= 11 is 0. The minimum atomic E-state index is -0.732. The van der Waals surface area contributed by atoms with Crippen molar-refractivity contribution in [2.75, 3.05) is 0 Å². The normalized spacial score (nSPS) is 10.3. The number of nitro groups is 1. The third kappa shape index (κ3) is 2.42. The number of hydrogen-bond acceptors (Lipinski definition) is 3. The van der Waals surface area contributed by atoms with Crippen LogP contribution in [-0.2, 0) is 6.54 Å². The molecular weight excluding hydrogens is 239 g/mol. The second kappa shape index (κ2) is 4.79. The minimum Gasteiger partial charge on any atom is -0.305 e. The summed E-state index contributed by atoms with van der Waals surface area (Å²) < 4.78 is 14.2. The zero-order valence-electron chi connectivity index (χ0n) is 9.25. The lowest BCUT2D eigenvalue weighted by atomic mass is 10.2. The molecule has 0 radical (unpaired) electrons. The fourth-order valence-electron chi connectivity index (χ4n) is 1.62. The fourth-order valence-corrected chi connectivity index (χ4v) is 1.62. The predicted molar refractivity (Wildman–Crippen MR) is 62.9 cm³/mol. The summed E-state index contributed by atoms with van der Waals surface area (Å²) in [6.45, 7) is 0.0955. The third-order valence-corrected chi connectivity index (χ3v) is 2.44. The van der Waals surface area contributed by atoms with Crippen molar-refractivity contribution in [3.63, 3.8) is 0 Å². The van der Waals surface area contributed by atoms with E-state index in [1.165, 1.54) is 35.0 Å². The summed E-state index contributed by atoms with van der Waals surface area (Å²) in [7, 11) is 0. The van der Waals surface area contributed by atoms with Crippen LogP contribution in [0.25, 0.3) is 0 Å². The van der Waals surface area contributed by atoms with E-state index in [0.717, 1.165) is 6.07 Å². The molecule has 92 valence electrons. The maximum atomic E-state index is 13.0. The van der Waals surface area contributed by atoms with E-state index in [-0.39, 0.29) is 6.54 Å². The summed E-state index contributed by atoms with van der Waals surface area (Å²) in [4.78, 5) is 21.6. The molecular formula is C12H9FN2O3. The SMILES string of the molecule is O=c1c([N+](=O)[O-])cccn1Cc1cccc(F)c1. The number of aromatic nitrogens is 1. The van der Waals surface area contributed by atoms with Crippen LogP contribution >= 0.6 is 0 Å². The monoisotopic (exact) mass is 248 g/mol. The van der Waals surface area contributed by atoms with Gasteiger partial charge in [-0.1, -0.05) is 12.1 Å². The molecule has 1 heterocycles. The van der Waals surface area contributed by atoms with Crippen LogP contribution in [0.1, 0.15) is 5.56 Å². The van der Waals surface area contributed by atoms with Crippen molar-refractivity contribution < 1.29 is 9.31 Å². The number of pyridine rings is 1. The fraction of sp³-hybridized carbons (Fsp3) is 0.0833. The Balaban J connectivity index is 2.38. The van der Waals surface area contributed by atoms with Crippen molar-refractivity contribution >= 4 is 5.69 Å². The Morgan fingerprint density at radius 3 is 2.72 bits per heavy atom. The summed E-state index contributed by atoms with van der Waals surface area (Å²) in [5.74, 6) is -0.411. The van der Waals surface area contributed by atoms with Gasteiger partial charge in [0.05, 0.1) is 11.5 Å². The van der Waals surface area contributed by atoms with Crippen LogP contribution in [0.5, 0.6) is 0 Å². The minimum absolute atomic E-state index is 0.0955. The number of nitrogens with zero attached hydrogens (tertiary/aromatic N) is 2. The predicted octanol–water partition coefficient (Wildman–Crippen LogP) is 1.94. The second-order valence-electron chi connectivity index (χ2n) is 3.71. The van der Waals surface area contributed by atoms with Gasteiger partial charge in [0.15, 0.2) is 0 Å². The Morgan fingerprint density at radius 1 is 1.28 bits per heavy atom. The van der Waals surface area contributed by atoms with Gasteiger partial charge in [-0.05, 0) is 23.8 Å². The van der Waals surface area contributed by atoms with Gasteiger partial charge in [-0.3, -0.25) is 14.9 Å². The summed E-state index contributed by atoms with van der Waals surface area (Å²) in [5, 5.41) is 10.6. The van der Waals surface area contributed by atoms with Gasteiger partial charge in [0.2, 0.25) is 0 Å². The van der Waals surface area contributed by atoms with Crippen LogP contribution in [0.2, 0.25) is 0 Å². The zero-order valence-corrected chi connectivity index (χ0v) is 9.25. The largest absolute Gasteiger partial charge is 0.334 e. The number of halogens is 1. The Morgan fingerprint density at radius 2 is 2.06 bits per heavy atom. The lowest BCUT2D eigenvalue weighted by Gasteiger charge is -2.05. The Bertz CT molecular complexity index is 652. The standard InChI is InChI=1S/C12H9FN2O3/c13-10-4-1-3-9(7-10)8-14-6-2-5-11(12(14)16)15(17)18/h1-7H,8H2. The molecule has 1 aromatic carbocycles. The number of benzene rings is 1. The van der Waals surface area contributed by atoms with Crippen molar-refractivity contribution in [2.45, 2.75) is 6.54 Å². The molecule has 0 unspecified atom stereocenters. The van der Waals surface area contributed by atoms with Gasteiger partial charge in [-0.25, -0.2) is 4.39 Å². The van der Waals surface area contributed by atoms with Gasteiger partial charge in [0, 0.05) is 12.3 Å².